The number of nitrogens with one attached hydrogen (secondary N) is 2. The molecule has 3 unspecified atom stereocenters. The van der Waals surface area contributed by atoms with Crippen LogP contribution in [0.4, 0.5) is 8.78 Å². The zero-order valence-corrected chi connectivity index (χ0v) is 13.3. The summed E-state index contributed by atoms with van der Waals surface area (Å²) in [5.74, 6) is -0.483. The van der Waals surface area contributed by atoms with Crippen molar-refractivity contribution in [1.82, 2.24) is 10.6 Å². The van der Waals surface area contributed by atoms with Crippen molar-refractivity contribution >= 4 is 12.4 Å². The Morgan fingerprint density at radius 3 is 2.86 bits per heavy atom. The van der Waals surface area contributed by atoms with Gasteiger partial charge < -0.3 is 15.4 Å². The normalized spacial score (nSPS) is 28.4. The number of hydrogen-bond acceptors (Lipinski definition) is 3. The van der Waals surface area contributed by atoms with Gasteiger partial charge in [0.05, 0.1) is 13.2 Å². The Morgan fingerprint density at radius 2 is 2.14 bits per heavy atom. The number of benzene rings is 1. The van der Waals surface area contributed by atoms with E-state index in [1.54, 1.807) is 0 Å². The minimum atomic E-state index is -0.529. The predicted octanol–water partition coefficient (Wildman–Crippen LogP) is 2.63. The van der Waals surface area contributed by atoms with Crippen LogP contribution in [0.3, 0.4) is 0 Å². The first-order valence-electron chi connectivity index (χ1n) is 7.72. The number of rotatable bonds is 4. The fraction of sp³-hybridized carbons (Fsp3) is 0.625. The third-order valence-corrected chi connectivity index (χ3v) is 4.61. The number of halogens is 3. The van der Waals surface area contributed by atoms with Gasteiger partial charge >= 0.3 is 0 Å². The number of hydrogen-bond donors (Lipinski definition) is 2. The molecule has 1 aromatic rings. The molecular weight excluding hydrogens is 310 g/mol. The highest BCUT2D eigenvalue weighted by Gasteiger charge is 2.34. The van der Waals surface area contributed by atoms with Gasteiger partial charge in [0.25, 0.3) is 0 Å². The molecule has 1 heterocycles. The molecule has 6 heteroatoms. The van der Waals surface area contributed by atoms with Gasteiger partial charge in [-0.25, -0.2) is 8.78 Å². The van der Waals surface area contributed by atoms with Gasteiger partial charge in [-0.05, 0) is 24.8 Å². The molecule has 3 nitrogen and oxygen atoms in total. The molecule has 3 rings (SSSR count). The van der Waals surface area contributed by atoms with E-state index in [0.717, 1.165) is 32.2 Å². The second-order valence-electron chi connectivity index (χ2n) is 5.95. The van der Waals surface area contributed by atoms with Crippen LogP contribution in [0.1, 0.15) is 24.8 Å². The van der Waals surface area contributed by atoms with Crippen LogP contribution >= 0.6 is 12.4 Å². The molecule has 124 valence electrons. The summed E-state index contributed by atoms with van der Waals surface area (Å²) in [4.78, 5) is 0. The molecule has 0 amide bonds. The summed E-state index contributed by atoms with van der Waals surface area (Å²) in [6.45, 7) is 2.89. The van der Waals surface area contributed by atoms with Gasteiger partial charge in [-0.3, -0.25) is 0 Å². The zero-order valence-electron chi connectivity index (χ0n) is 12.5. The van der Waals surface area contributed by atoms with Crippen LogP contribution < -0.4 is 10.6 Å². The third-order valence-electron chi connectivity index (χ3n) is 4.61. The Bertz CT molecular complexity index is 483. The van der Waals surface area contributed by atoms with Crippen LogP contribution in [-0.2, 0) is 11.3 Å². The topological polar surface area (TPSA) is 33.3 Å². The van der Waals surface area contributed by atoms with E-state index in [0.29, 0.717) is 30.1 Å². The fourth-order valence-electron chi connectivity index (χ4n) is 3.49. The monoisotopic (exact) mass is 332 g/mol. The van der Waals surface area contributed by atoms with Gasteiger partial charge in [-0.15, -0.1) is 12.4 Å². The van der Waals surface area contributed by atoms with E-state index in [-0.39, 0.29) is 12.4 Å². The van der Waals surface area contributed by atoms with Crippen LogP contribution in [0, 0.1) is 17.6 Å². The van der Waals surface area contributed by atoms with Crippen LogP contribution in [0.15, 0.2) is 18.2 Å². The van der Waals surface area contributed by atoms with Gasteiger partial charge in [0, 0.05) is 36.8 Å². The molecule has 0 aromatic heterocycles. The van der Waals surface area contributed by atoms with E-state index >= 15 is 0 Å². The molecule has 22 heavy (non-hydrogen) atoms. The van der Waals surface area contributed by atoms with Crippen molar-refractivity contribution in [3.63, 3.8) is 0 Å². The van der Waals surface area contributed by atoms with Gasteiger partial charge in [0.1, 0.15) is 11.6 Å². The number of ether oxygens (including phenoxy) is 1. The Kier molecular flexibility index (Phi) is 6.56. The van der Waals surface area contributed by atoms with E-state index in [4.69, 9.17) is 4.74 Å². The Hall–Kier alpha value is -0.750. The summed E-state index contributed by atoms with van der Waals surface area (Å²) in [7, 11) is 0. The molecule has 1 aliphatic carbocycles. The lowest BCUT2D eigenvalue weighted by Gasteiger charge is -2.33. The van der Waals surface area contributed by atoms with Crippen molar-refractivity contribution in [3.8, 4) is 0 Å². The van der Waals surface area contributed by atoms with Crippen molar-refractivity contribution in [2.75, 3.05) is 19.8 Å². The maximum Gasteiger partial charge on any atom is 0.130 e. The average molecular weight is 333 g/mol. The maximum atomic E-state index is 13.7. The first-order valence-corrected chi connectivity index (χ1v) is 7.72. The SMILES string of the molecule is Cl.Fc1ccc(CNC2CCCC2C2COCCN2)c(F)c1. The Balaban J connectivity index is 0.00000176. The van der Waals surface area contributed by atoms with E-state index in [1.807, 2.05) is 0 Å². The summed E-state index contributed by atoms with van der Waals surface area (Å²) in [5, 5.41) is 6.97. The summed E-state index contributed by atoms with van der Waals surface area (Å²) in [6.07, 6.45) is 3.46. The molecule has 1 saturated carbocycles. The van der Waals surface area contributed by atoms with Crippen LogP contribution in [0.2, 0.25) is 0 Å². The highest BCUT2D eigenvalue weighted by atomic mass is 35.5. The second kappa shape index (κ2) is 8.20. The van der Waals surface area contributed by atoms with Crippen molar-refractivity contribution < 1.29 is 13.5 Å². The first-order chi connectivity index (χ1) is 10.2. The van der Waals surface area contributed by atoms with Crippen LogP contribution in [0.25, 0.3) is 0 Å². The predicted molar refractivity (Wildman–Crippen MR) is 84.2 cm³/mol. The molecular formula is C16H23ClF2N2O. The van der Waals surface area contributed by atoms with Gasteiger partial charge in [0.15, 0.2) is 0 Å². The molecule has 1 saturated heterocycles. The largest absolute Gasteiger partial charge is 0.379 e. The second-order valence-corrected chi connectivity index (χ2v) is 5.95. The lowest BCUT2D eigenvalue weighted by atomic mass is 9.94. The molecule has 2 aliphatic rings. The Morgan fingerprint density at radius 1 is 1.27 bits per heavy atom. The van der Waals surface area contributed by atoms with Crippen molar-refractivity contribution in [2.24, 2.45) is 5.92 Å². The number of morpholine rings is 1. The van der Waals surface area contributed by atoms with E-state index in [2.05, 4.69) is 10.6 Å². The minimum Gasteiger partial charge on any atom is -0.379 e. The summed E-state index contributed by atoms with van der Waals surface area (Å²) >= 11 is 0. The molecule has 2 fully saturated rings. The van der Waals surface area contributed by atoms with Gasteiger partial charge in [0.2, 0.25) is 0 Å². The van der Waals surface area contributed by atoms with Crippen LogP contribution in [-0.4, -0.2) is 31.8 Å². The maximum absolute atomic E-state index is 13.7. The highest BCUT2D eigenvalue weighted by molar-refractivity contribution is 5.85. The lowest BCUT2D eigenvalue weighted by molar-refractivity contribution is 0.0524. The van der Waals surface area contributed by atoms with Gasteiger partial charge in [-0.2, -0.15) is 0 Å². The third kappa shape index (κ3) is 4.16. The summed E-state index contributed by atoms with van der Waals surface area (Å²) in [5.41, 5.74) is 0.523. The molecule has 3 atom stereocenters. The zero-order chi connectivity index (χ0) is 14.7. The van der Waals surface area contributed by atoms with Gasteiger partial charge in [-0.1, -0.05) is 12.5 Å². The Labute approximate surface area is 136 Å². The average Bonchev–Trinajstić information content (AvgIpc) is 2.96. The highest BCUT2D eigenvalue weighted by Crippen LogP contribution is 2.29. The van der Waals surface area contributed by atoms with E-state index in [1.165, 1.54) is 25.0 Å². The lowest BCUT2D eigenvalue weighted by Crippen LogP contribution is -2.50. The smallest absolute Gasteiger partial charge is 0.130 e. The molecule has 1 aromatic carbocycles. The summed E-state index contributed by atoms with van der Waals surface area (Å²) in [6, 6.07) is 4.52. The first kappa shape index (κ1) is 17.6. The quantitative estimate of drug-likeness (QED) is 0.889. The van der Waals surface area contributed by atoms with Crippen molar-refractivity contribution in [2.45, 2.75) is 37.9 Å². The van der Waals surface area contributed by atoms with E-state index in [9.17, 15) is 8.78 Å². The van der Waals surface area contributed by atoms with E-state index < -0.39 is 11.6 Å². The molecule has 1 aliphatic heterocycles. The molecule has 2 N–H and O–H groups in total. The molecule has 0 bridgehead atoms. The fourth-order valence-corrected chi connectivity index (χ4v) is 3.49. The van der Waals surface area contributed by atoms with Crippen LogP contribution in [0.5, 0.6) is 0 Å². The molecule has 0 radical (unpaired) electrons. The summed E-state index contributed by atoms with van der Waals surface area (Å²) < 4.78 is 32.1. The van der Waals surface area contributed by atoms with Crippen molar-refractivity contribution in [3.05, 3.63) is 35.4 Å². The minimum absolute atomic E-state index is 0. The standard InChI is InChI=1S/C16H22F2N2O.ClH/c17-12-5-4-11(14(18)8-12)9-20-15-3-1-2-13(15)16-10-21-7-6-19-16;/h4-5,8,13,15-16,19-20H,1-3,6-7,9-10H2;1H. The molecule has 0 spiro atoms. The van der Waals surface area contributed by atoms with Crippen molar-refractivity contribution in [1.29, 1.82) is 0 Å².